The standard InChI is InChI=1S/C13H18BrFN2O/c14-11-1-2-13(15)10(7-11)8-16-4-3-12-9-18-6-5-17-12/h1-2,7,12,16-17H,3-6,8-9H2. The van der Waals surface area contributed by atoms with E-state index in [0.29, 0.717) is 18.2 Å². The van der Waals surface area contributed by atoms with Gasteiger partial charge < -0.3 is 15.4 Å². The van der Waals surface area contributed by atoms with Gasteiger partial charge in [-0.2, -0.15) is 0 Å². The van der Waals surface area contributed by atoms with Crippen molar-refractivity contribution in [2.45, 2.75) is 19.0 Å². The minimum absolute atomic E-state index is 0.162. The van der Waals surface area contributed by atoms with Crippen LogP contribution in [0.2, 0.25) is 0 Å². The Morgan fingerprint density at radius 2 is 2.39 bits per heavy atom. The van der Waals surface area contributed by atoms with E-state index in [9.17, 15) is 4.39 Å². The van der Waals surface area contributed by atoms with Crippen molar-refractivity contribution in [1.29, 1.82) is 0 Å². The van der Waals surface area contributed by atoms with Crippen molar-refractivity contribution >= 4 is 15.9 Å². The number of halogens is 2. The van der Waals surface area contributed by atoms with Crippen molar-refractivity contribution < 1.29 is 9.13 Å². The molecule has 0 aliphatic carbocycles. The summed E-state index contributed by atoms with van der Waals surface area (Å²) in [6, 6.07) is 5.42. The molecule has 1 saturated heterocycles. The fraction of sp³-hybridized carbons (Fsp3) is 0.538. The van der Waals surface area contributed by atoms with Gasteiger partial charge >= 0.3 is 0 Å². The van der Waals surface area contributed by atoms with Crippen LogP contribution in [0.25, 0.3) is 0 Å². The van der Waals surface area contributed by atoms with E-state index in [1.807, 2.05) is 6.07 Å². The molecule has 1 unspecified atom stereocenters. The molecule has 1 aliphatic rings. The first-order chi connectivity index (χ1) is 8.75. The van der Waals surface area contributed by atoms with Crippen molar-refractivity contribution in [3.8, 4) is 0 Å². The minimum Gasteiger partial charge on any atom is -0.379 e. The number of rotatable bonds is 5. The van der Waals surface area contributed by atoms with Gasteiger partial charge in [0.2, 0.25) is 0 Å². The number of nitrogens with one attached hydrogen (secondary N) is 2. The van der Waals surface area contributed by atoms with Gasteiger partial charge in [0.1, 0.15) is 5.82 Å². The average molecular weight is 317 g/mol. The normalized spacial score (nSPS) is 20.0. The van der Waals surface area contributed by atoms with Crippen molar-refractivity contribution in [2.24, 2.45) is 0 Å². The summed E-state index contributed by atoms with van der Waals surface area (Å²) in [4.78, 5) is 0. The van der Waals surface area contributed by atoms with Crippen molar-refractivity contribution in [3.05, 3.63) is 34.1 Å². The van der Waals surface area contributed by atoms with Crippen LogP contribution < -0.4 is 10.6 Å². The minimum atomic E-state index is -0.162. The molecule has 1 heterocycles. The highest BCUT2D eigenvalue weighted by atomic mass is 79.9. The zero-order valence-corrected chi connectivity index (χ0v) is 11.8. The van der Waals surface area contributed by atoms with Gasteiger partial charge in [0.05, 0.1) is 13.2 Å². The number of morpholine rings is 1. The van der Waals surface area contributed by atoms with Gasteiger partial charge in [0.15, 0.2) is 0 Å². The van der Waals surface area contributed by atoms with E-state index >= 15 is 0 Å². The van der Waals surface area contributed by atoms with Crippen LogP contribution in [0, 0.1) is 5.82 Å². The average Bonchev–Trinajstić information content (AvgIpc) is 2.40. The third kappa shape index (κ3) is 4.31. The fourth-order valence-corrected chi connectivity index (χ4v) is 2.39. The monoisotopic (exact) mass is 316 g/mol. The van der Waals surface area contributed by atoms with Crippen LogP contribution in [0.4, 0.5) is 4.39 Å². The molecule has 0 spiro atoms. The molecule has 0 radical (unpaired) electrons. The van der Waals surface area contributed by atoms with Crippen LogP contribution in [-0.2, 0) is 11.3 Å². The molecule has 1 aromatic rings. The van der Waals surface area contributed by atoms with E-state index < -0.39 is 0 Å². The molecule has 1 atom stereocenters. The predicted molar refractivity (Wildman–Crippen MR) is 73.0 cm³/mol. The molecular formula is C13H18BrFN2O. The smallest absolute Gasteiger partial charge is 0.127 e. The molecule has 5 heteroatoms. The Morgan fingerprint density at radius 3 is 3.17 bits per heavy atom. The van der Waals surface area contributed by atoms with E-state index in [0.717, 1.165) is 37.2 Å². The van der Waals surface area contributed by atoms with Crippen LogP contribution in [0.1, 0.15) is 12.0 Å². The van der Waals surface area contributed by atoms with Crippen molar-refractivity contribution in [3.63, 3.8) is 0 Å². The number of ether oxygens (including phenoxy) is 1. The van der Waals surface area contributed by atoms with Crippen molar-refractivity contribution in [2.75, 3.05) is 26.3 Å². The lowest BCUT2D eigenvalue weighted by molar-refractivity contribution is 0.0742. The molecule has 3 nitrogen and oxygen atoms in total. The van der Waals surface area contributed by atoms with Gasteiger partial charge in [-0.05, 0) is 31.2 Å². The van der Waals surface area contributed by atoms with Crippen molar-refractivity contribution in [1.82, 2.24) is 10.6 Å². The molecule has 0 amide bonds. The summed E-state index contributed by atoms with van der Waals surface area (Å²) in [6.07, 6.45) is 0.996. The second-order valence-corrected chi connectivity index (χ2v) is 5.34. The molecule has 2 rings (SSSR count). The summed E-state index contributed by atoms with van der Waals surface area (Å²) in [5, 5.41) is 6.65. The third-order valence-electron chi connectivity index (χ3n) is 2.99. The topological polar surface area (TPSA) is 33.3 Å². The highest BCUT2D eigenvalue weighted by Crippen LogP contribution is 2.15. The second-order valence-electron chi connectivity index (χ2n) is 4.43. The molecule has 0 saturated carbocycles. The first-order valence-electron chi connectivity index (χ1n) is 6.21. The summed E-state index contributed by atoms with van der Waals surface area (Å²) in [6.45, 7) is 3.90. The van der Waals surface area contributed by atoms with Crippen LogP contribution in [0.5, 0.6) is 0 Å². The van der Waals surface area contributed by atoms with Crippen LogP contribution >= 0.6 is 15.9 Å². The zero-order chi connectivity index (χ0) is 12.8. The maximum Gasteiger partial charge on any atom is 0.127 e. The maximum atomic E-state index is 13.5. The molecule has 0 bridgehead atoms. The number of benzene rings is 1. The summed E-state index contributed by atoms with van der Waals surface area (Å²) < 4.78 is 19.7. The lowest BCUT2D eigenvalue weighted by atomic mass is 10.2. The maximum absolute atomic E-state index is 13.5. The van der Waals surface area contributed by atoms with Gasteiger partial charge in [-0.25, -0.2) is 4.39 Å². The van der Waals surface area contributed by atoms with Gasteiger partial charge in [0.25, 0.3) is 0 Å². The van der Waals surface area contributed by atoms with E-state index in [1.54, 1.807) is 6.07 Å². The first-order valence-corrected chi connectivity index (χ1v) is 7.01. The summed E-state index contributed by atoms with van der Waals surface area (Å²) >= 11 is 3.35. The van der Waals surface area contributed by atoms with Crippen LogP contribution in [-0.4, -0.2) is 32.3 Å². The lowest BCUT2D eigenvalue weighted by Gasteiger charge is -2.23. The molecule has 1 aromatic carbocycles. The highest BCUT2D eigenvalue weighted by molar-refractivity contribution is 9.10. The summed E-state index contributed by atoms with van der Waals surface area (Å²) in [5.41, 5.74) is 0.692. The van der Waals surface area contributed by atoms with Gasteiger partial charge in [-0.3, -0.25) is 0 Å². The van der Waals surface area contributed by atoms with Crippen LogP contribution in [0.3, 0.4) is 0 Å². The van der Waals surface area contributed by atoms with Gasteiger partial charge in [-0.1, -0.05) is 15.9 Å². The fourth-order valence-electron chi connectivity index (χ4n) is 1.98. The molecule has 2 N–H and O–H groups in total. The Balaban J connectivity index is 1.69. The van der Waals surface area contributed by atoms with Gasteiger partial charge in [-0.15, -0.1) is 0 Å². The van der Waals surface area contributed by atoms with Crippen LogP contribution in [0.15, 0.2) is 22.7 Å². The zero-order valence-electron chi connectivity index (χ0n) is 10.2. The molecule has 100 valence electrons. The third-order valence-corrected chi connectivity index (χ3v) is 3.48. The Bertz CT molecular complexity index is 383. The van der Waals surface area contributed by atoms with E-state index in [2.05, 4.69) is 26.6 Å². The molecular weight excluding hydrogens is 299 g/mol. The van der Waals surface area contributed by atoms with Gasteiger partial charge in [0, 0.05) is 29.2 Å². The quantitative estimate of drug-likeness (QED) is 0.816. The molecule has 18 heavy (non-hydrogen) atoms. The Labute approximate surface area is 115 Å². The Morgan fingerprint density at radius 1 is 1.50 bits per heavy atom. The number of hydrogen-bond acceptors (Lipinski definition) is 3. The summed E-state index contributed by atoms with van der Waals surface area (Å²) in [7, 11) is 0. The highest BCUT2D eigenvalue weighted by Gasteiger charge is 2.12. The first kappa shape index (κ1) is 13.9. The van der Waals surface area contributed by atoms with E-state index in [4.69, 9.17) is 4.74 Å². The summed E-state index contributed by atoms with van der Waals surface area (Å²) in [5.74, 6) is -0.162. The van der Waals surface area contributed by atoms with E-state index in [-0.39, 0.29) is 5.82 Å². The SMILES string of the molecule is Fc1ccc(Br)cc1CNCCC1COCCN1. The molecule has 1 fully saturated rings. The predicted octanol–water partition coefficient (Wildman–Crippen LogP) is 2.06. The van der Waals surface area contributed by atoms with E-state index in [1.165, 1.54) is 6.07 Å². The molecule has 1 aliphatic heterocycles. The second kappa shape index (κ2) is 7.19. The Kier molecular flexibility index (Phi) is 5.56. The number of hydrogen-bond donors (Lipinski definition) is 2. The Hall–Kier alpha value is -0.490. The largest absolute Gasteiger partial charge is 0.379 e. The molecule has 0 aromatic heterocycles. The lowest BCUT2D eigenvalue weighted by Crippen LogP contribution is -2.42.